The highest BCUT2D eigenvalue weighted by Crippen LogP contribution is 2.20. The van der Waals surface area contributed by atoms with Crippen LogP contribution in [-0.4, -0.2) is 24.6 Å². The molecule has 0 bridgehead atoms. The molecular weight excluding hydrogens is 334 g/mol. The zero-order valence-electron chi connectivity index (χ0n) is 13.3. The molecule has 0 aliphatic rings. The zero-order chi connectivity index (χ0) is 15.3. The molecule has 1 rings (SSSR count). The summed E-state index contributed by atoms with van der Waals surface area (Å²) in [5, 5.41) is 0. The van der Waals surface area contributed by atoms with E-state index in [1.165, 1.54) is 4.90 Å². The Bertz CT molecular complexity index is 510. The van der Waals surface area contributed by atoms with Crippen LogP contribution in [0.2, 0.25) is 0 Å². The lowest BCUT2D eigenvalue weighted by Crippen LogP contribution is -3.00. The van der Waals surface area contributed by atoms with Gasteiger partial charge < -0.3 is 27.5 Å². The molecule has 1 aromatic carbocycles. The molecule has 1 amide bonds. The van der Waals surface area contributed by atoms with Gasteiger partial charge in [-0.25, -0.2) is 9.69 Å². The molecule has 0 aromatic heterocycles. The lowest BCUT2D eigenvalue weighted by molar-refractivity contribution is -0.386. The van der Waals surface area contributed by atoms with Gasteiger partial charge >= 0.3 is 6.09 Å². The number of hydrogen-bond acceptors (Lipinski definition) is 3. The van der Waals surface area contributed by atoms with E-state index in [0.29, 0.717) is 12.4 Å². The third-order valence-corrected chi connectivity index (χ3v) is 2.68. The highest BCUT2D eigenvalue weighted by atomic mass is 79.9. The molecule has 3 N–H and O–H groups in total. The first-order chi connectivity index (χ1) is 9.28. The number of amides is 1. The van der Waals surface area contributed by atoms with Crippen molar-refractivity contribution in [2.45, 2.75) is 39.8 Å². The Kier molecular flexibility index (Phi) is 7.60. The summed E-state index contributed by atoms with van der Waals surface area (Å²) in [6.07, 6.45) is -0.429. The third-order valence-electron chi connectivity index (χ3n) is 2.68. The lowest BCUT2D eigenvalue weighted by atomic mass is 10.2. The minimum Gasteiger partial charge on any atom is -1.00 e. The van der Waals surface area contributed by atoms with Crippen LogP contribution in [0.1, 0.15) is 33.3 Å². The number of carbonyl (C=O) groups is 1. The van der Waals surface area contributed by atoms with Gasteiger partial charge in [0.05, 0.1) is 12.2 Å². The van der Waals surface area contributed by atoms with Crippen LogP contribution in [-0.2, 0) is 11.3 Å². The molecule has 0 atom stereocenters. The summed E-state index contributed by atoms with van der Waals surface area (Å²) in [5.74, 6) is 0.584. The molecular formula is C15H24BrN3O2. The van der Waals surface area contributed by atoms with Gasteiger partial charge in [-0.2, -0.15) is 0 Å². The molecule has 0 unspecified atom stereocenters. The van der Waals surface area contributed by atoms with Crippen molar-refractivity contribution in [2.75, 3.05) is 11.9 Å². The fourth-order valence-electron chi connectivity index (χ4n) is 1.68. The first-order valence-corrected chi connectivity index (χ1v) is 6.63. The van der Waals surface area contributed by atoms with Gasteiger partial charge in [-0.15, -0.1) is 0 Å². The number of aliphatic imine (C=N–C) groups is 1. The molecule has 0 saturated carbocycles. The first-order valence-electron chi connectivity index (χ1n) is 6.63. The summed E-state index contributed by atoms with van der Waals surface area (Å²) in [5.41, 5.74) is 5.11. The number of quaternary nitrogens is 1. The average molecular weight is 358 g/mol. The second-order valence-corrected chi connectivity index (χ2v) is 5.51. The standard InChI is InChI=1S/C15H23N3O2.BrH/c1-11(17-5)18(14(19)20-15(2,3)4)13-8-6-7-12(9-13)10-16;/h6-9H,10,16H2,1-5H3;1H. The van der Waals surface area contributed by atoms with Crippen molar-refractivity contribution in [1.29, 1.82) is 0 Å². The van der Waals surface area contributed by atoms with E-state index in [0.717, 1.165) is 11.3 Å². The fourth-order valence-corrected chi connectivity index (χ4v) is 1.68. The fraction of sp³-hybridized carbons (Fsp3) is 0.467. The van der Waals surface area contributed by atoms with Gasteiger partial charge in [0, 0.05) is 12.6 Å². The number of ether oxygens (including phenoxy) is 1. The highest BCUT2D eigenvalue weighted by molar-refractivity contribution is 6.13. The number of anilines is 1. The first kappa shape index (κ1) is 19.6. The van der Waals surface area contributed by atoms with Crippen LogP contribution in [0.25, 0.3) is 0 Å². The van der Waals surface area contributed by atoms with Crippen LogP contribution < -0.4 is 27.6 Å². The Morgan fingerprint density at radius 1 is 1.38 bits per heavy atom. The molecule has 5 nitrogen and oxygen atoms in total. The molecule has 0 aliphatic heterocycles. The van der Waals surface area contributed by atoms with Crippen LogP contribution in [0, 0.1) is 0 Å². The molecule has 21 heavy (non-hydrogen) atoms. The maximum absolute atomic E-state index is 12.4. The number of rotatable bonds is 2. The number of benzene rings is 1. The second-order valence-electron chi connectivity index (χ2n) is 5.51. The van der Waals surface area contributed by atoms with Crippen LogP contribution in [0.5, 0.6) is 0 Å². The summed E-state index contributed by atoms with van der Waals surface area (Å²) >= 11 is 0. The quantitative estimate of drug-likeness (QED) is 0.557. The van der Waals surface area contributed by atoms with E-state index in [1.54, 1.807) is 14.0 Å². The van der Waals surface area contributed by atoms with Gasteiger partial charge in [0.15, 0.2) is 0 Å². The Hall–Kier alpha value is -1.40. The van der Waals surface area contributed by atoms with Crippen molar-refractivity contribution in [1.82, 2.24) is 0 Å². The van der Waals surface area contributed by atoms with Crippen LogP contribution in [0.4, 0.5) is 10.5 Å². The minimum absolute atomic E-state index is 0. The summed E-state index contributed by atoms with van der Waals surface area (Å²) in [6.45, 7) is 7.97. The smallest absolute Gasteiger partial charge is 0.420 e. The lowest BCUT2D eigenvalue weighted by Gasteiger charge is -2.27. The second kappa shape index (κ2) is 8.14. The van der Waals surface area contributed by atoms with E-state index in [2.05, 4.69) is 10.7 Å². The Morgan fingerprint density at radius 3 is 2.48 bits per heavy atom. The SMILES string of the molecule is CN=C(C)N(C(=O)OC(C)(C)C)c1cccc(C[NH3+])c1.[Br-]. The topological polar surface area (TPSA) is 69.5 Å². The molecule has 118 valence electrons. The van der Waals surface area contributed by atoms with Crippen molar-refractivity contribution in [3.63, 3.8) is 0 Å². The van der Waals surface area contributed by atoms with Crippen molar-refractivity contribution in [3.05, 3.63) is 29.8 Å². The zero-order valence-corrected chi connectivity index (χ0v) is 14.9. The molecule has 0 radical (unpaired) electrons. The molecule has 6 heteroatoms. The van der Waals surface area contributed by atoms with Crippen LogP contribution >= 0.6 is 0 Å². The molecule has 0 aliphatic carbocycles. The number of amidine groups is 1. The summed E-state index contributed by atoms with van der Waals surface area (Å²) in [4.78, 5) is 17.9. The molecule has 0 fully saturated rings. The van der Waals surface area contributed by atoms with Crippen molar-refractivity contribution in [3.8, 4) is 0 Å². The van der Waals surface area contributed by atoms with E-state index >= 15 is 0 Å². The summed E-state index contributed by atoms with van der Waals surface area (Å²) in [6, 6.07) is 7.65. The van der Waals surface area contributed by atoms with Gasteiger partial charge in [0.2, 0.25) is 0 Å². The number of halogens is 1. The molecule has 0 spiro atoms. The number of nitrogens with zero attached hydrogens (tertiary/aromatic N) is 2. The van der Waals surface area contributed by atoms with Crippen molar-refractivity contribution < 1.29 is 32.2 Å². The normalized spacial score (nSPS) is 11.6. The van der Waals surface area contributed by atoms with E-state index in [4.69, 9.17) is 4.74 Å². The Morgan fingerprint density at radius 2 is 2.00 bits per heavy atom. The van der Waals surface area contributed by atoms with Crippen molar-refractivity contribution >= 4 is 17.6 Å². The Balaban J connectivity index is 0.00000400. The predicted octanol–water partition coefficient (Wildman–Crippen LogP) is -0.778. The maximum atomic E-state index is 12.4. The summed E-state index contributed by atoms with van der Waals surface area (Å²) in [7, 11) is 1.65. The highest BCUT2D eigenvalue weighted by Gasteiger charge is 2.25. The third kappa shape index (κ3) is 5.85. The van der Waals surface area contributed by atoms with Crippen molar-refractivity contribution in [2.24, 2.45) is 4.99 Å². The van der Waals surface area contributed by atoms with Gasteiger partial charge in [-0.05, 0) is 39.8 Å². The van der Waals surface area contributed by atoms with Crippen LogP contribution in [0.15, 0.2) is 29.3 Å². The summed E-state index contributed by atoms with van der Waals surface area (Å²) < 4.78 is 5.44. The number of hydrogen-bond donors (Lipinski definition) is 1. The molecule has 1 aromatic rings. The van der Waals surface area contributed by atoms with Gasteiger partial charge in [0.1, 0.15) is 11.4 Å². The van der Waals surface area contributed by atoms with E-state index in [1.807, 2.05) is 45.0 Å². The van der Waals surface area contributed by atoms with E-state index in [9.17, 15) is 4.79 Å². The average Bonchev–Trinajstić information content (AvgIpc) is 2.36. The molecule has 0 saturated heterocycles. The molecule has 0 heterocycles. The van der Waals surface area contributed by atoms with E-state index in [-0.39, 0.29) is 17.0 Å². The predicted molar refractivity (Wildman–Crippen MR) is 80.8 cm³/mol. The number of carbonyl (C=O) groups excluding carboxylic acids is 1. The minimum atomic E-state index is -0.548. The Labute approximate surface area is 136 Å². The largest absolute Gasteiger partial charge is 1.00 e. The van der Waals surface area contributed by atoms with E-state index < -0.39 is 11.7 Å². The maximum Gasteiger partial charge on any atom is 0.420 e. The van der Waals surface area contributed by atoms with Gasteiger partial charge in [-0.3, -0.25) is 4.99 Å². The van der Waals surface area contributed by atoms with Gasteiger partial charge in [-0.1, -0.05) is 12.1 Å². The van der Waals surface area contributed by atoms with Crippen LogP contribution in [0.3, 0.4) is 0 Å². The van der Waals surface area contributed by atoms with Gasteiger partial charge in [0.25, 0.3) is 0 Å². The monoisotopic (exact) mass is 357 g/mol.